The molecule has 0 amide bonds. The second-order valence-corrected chi connectivity index (χ2v) is 5.86. The lowest BCUT2D eigenvalue weighted by Gasteiger charge is -2.37. The van der Waals surface area contributed by atoms with Crippen molar-refractivity contribution in [2.45, 2.75) is 26.1 Å². The van der Waals surface area contributed by atoms with Crippen molar-refractivity contribution in [3.63, 3.8) is 0 Å². The quantitative estimate of drug-likeness (QED) is 0.794. The molecule has 0 radical (unpaired) electrons. The molecule has 1 saturated heterocycles. The van der Waals surface area contributed by atoms with E-state index in [-0.39, 0.29) is 12.2 Å². The number of methoxy groups -OCH3 is 1. The fourth-order valence-corrected chi connectivity index (χ4v) is 2.91. The zero-order valence-corrected chi connectivity index (χ0v) is 14.0. The number of carbonyl (C=O) groups is 1. The Bertz CT molecular complexity index is 728. The summed E-state index contributed by atoms with van der Waals surface area (Å²) >= 11 is 0. The van der Waals surface area contributed by atoms with Crippen molar-refractivity contribution in [2.75, 3.05) is 25.1 Å². The molecule has 0 unspecified atom stereocenters. The van der Waals surface area contributed by atoms with Crippen LogP contribution in [0.25, 0.3) is 11.4 Å². The molecule has 24 heavy (non-hydrogen) atoms. The standard InChI is InChI=1S/C17H20N4O3/c1-11-8-21(9-12(2)24-11)16-6-19-14(4-13(16)10-22)15-5-18-7-17(20-15)23-3/h4-7,10-12H,8-9H2,1-3H3/t11-,12+. The van der Waals surface area contributed by atoms with E-state index in [1.54, 1.807) is 18.5 Å². The highest BCUT2D eigenvalue weighted by Crippen LogP contribution is 2.26. The van der Waals surface area contributed by atoms with Gasteiger partial charge in [-0.15, -0.1) is 0 Å². The first-order chi connectivity index (χ1) is 11.6. The van der Waals surface area contributed by atoms with Gasteiger partial charge in [0.1, 0.15) is 5.69 Å². The number of hydrogen-bond acceptors (Lipinski definition) is 7. The number of carbonyl (C=O) groups excluding carboxylic acids is 1. The van der Waals surface area contributed by atoms with E-state index in [9.17, 15) is 4.79 Å². The van der Waals surface area contributed by atoms with E-state index in [1.165, 1.54) is 13.3 Å². The number of aldehydes is 1. The van der Waals surface area contributed by atoms with Crippen LogP contribution < -0.4 is 9.64 Å². The molecular formula is C17H20N4O3. The van der Waals surface area contributed by atoms with Gasteiger partial charge in [-0.3, -0.25) is 14.8 Å². The van der Waals surface area contributed by atoms with Crippen molar-refractivity contribution in [1.82, 2.24) is 15.0 Å². The summed E-state index contributed by atoms with van der Waals surface area (Å²) in [6, 6.07) is 1.73. The molecule has 3 rings (SSSR count). The Kier molecular flexibility index (Phi) is 4.71. The van der Waals surface area contributed by atoms with E-state index < -0.39 is 0 Å². The summed E-state index contributed by atoms with van der Waals surface area (Å²) in [6.07, 6.45) is 5.89. The minimum absolute atomic E-state index is 0.108. The first-order valence-electron chi connectivity index (χ1n) is 7.82. The van der Waals surface area contributed by atoms with E-state index in [1.807, 2.05) is 13.8 Å². The summed E-state index contributed by atoms with van der Waals surface area (Å²) in [5.74, 6) is 0.404. The molecule has 0 aromatic carbocycles. The minimum atomic E-state index is 0.108. The van der Waals surface area contributed by atoms with Gasteiger partial charge in [0, 0.05) is 18.7 Å². The van der Waals surface area contributed by atoms with Gasteiger partial charge in [-0.1, -0.05) is 0 Å². The molecule has 126 valence electrons. The third-order valence-corrected chi connectivity index (χ3v) is 3.89. The van der Waals surface area contributed by atoms with Gasteiger partial charge in [-0.05, 0) is 19.9 Å². The van der Waals surface area contributed by atoms with Crippen molar-refractivity contribution < 1.29 is 14.3 Å². The summed E-state index contributed by atoms with van der Waals surface area (Å²) in [5.41, 5.74) is 2.53. The molecule has 0 aliphatic carbocycles. The highest BCUT2D eigenvalue weighted by atomic mass is 16.5. The van der Waals surface area contributed by atoms with Crippen LogP contribution in [-0.2, 0) is 4.74 Å². The summed E-state index contributed by atoms with van der Waals surface area (Å²) < 4.78 is 10.8. The van der Waals surface area contributed by atoms with Crippen LogP contribution in [0, 0.1) is 0 Å². The van der Waals surface area contributed by atoms with E-state index in [4.69, 9.17) is 9.47 Å². The maximum Gasteiger partial charge on any atom is 0.232 e. The molecule has 0 saturated carbocycles. The van der Waals surface area contributed by atoms with E-state index >= 15 is 0 Å². The number of nitrogens with zero attached hydrogens (tertiary/aromatic N) is 4. The van der Waals surface area contributed by atoms with Gasteiger partial charge in [0.05, 0.1) is 49.3 Å². The Hall–Kier alpha value is -2.54. The highest BCUT2D eigenvalue weighted by Gasteiger charge is 2.24. The van der Waals surface area contributed by atoms with E-state index in [0.717, 1.165) is 25.1 Å². The third kappa shape index (κ3) is 3.35. The number of anilines is 1. The minimum Gasteiger partial charge on any atom is -0.480 e. The van der Waals surface area contributed by atoms with Crippen LogP contribution in [0.3, 0.4) is 0 Å². The normalized spacial score (nSPS) is 20.7. The maximum absolute atomic E-state index is 11.6. The predicted molar refractivity (Wildman–Crippen MR) is 89.4 cm³/mol. The summed E-state index contributed by atoms with van der Waals surface area (Å²) in [4.78, 5) is 26.6. The monoisotopic (exact) mass is 328 g/mol. The van der Waals surface area contributed by atoms with Crippen LogP contribution in [0.1, 0.15) is 24.2 Å². The number of ether oxygens (including phenoxy) is 2. The SMILES string of the molecule is COc1cncc(-c2cc(C=O)c(N3C[C@@H](C)O[C@@H](C)C3)cn2)n1. The second-order valence-electron chi connectivity index (χ2n) is 5.86. The van der Waals surface area contributed by atoms with Crippen LogP contribution in [0.15, 0.2) is 24.7 Å². The molecule has 1 aliphatic rings. The van der Waals surface area contributed by atoms with Gasteiger partial charge in [-0.2, -0.15) is 0 Å². The van der Waals surface area contributed by atoms with Crippen LogP contribution in [-0.4, -0.2) is 53.6 Å². The molecule has 2 aromatic heterocycles. The first-order valence-corrected chi connectivity index (χ1v) is 7.82. The Morgan fingerprint density at radius 2 is 1.96 bits per heavy atom. The number of rotatable bonds is 4. The molecule has 0 bridgehead atoms. The molecule has 1 fully saturated rings. The lowest BCUT2D eigenvalue weighted by Crippen LogP contribution is -2.45. The average Bonchev–Trinajstić information content (AvgIpc) is 2.60. The summed E-state index contributed by atoms with van der Waals surface area (Å²) in [6.45, 7) is 5.50. The van der Waals surface area contributed by atoms with Crippen molar-refractivity contribution in [1.29, 1.82) is 0 Å². The van der Waals surface area contributed by atoms with Crippen LogP contribution in [0.2, 0.25) is 0 Å². The van der Waals surface area contributed by atoms with Gasteiger partial charge in [0.15, 0.2) is 6.29 Å². The fourth-order valence-electron chi connectivity index (χ4n) is 2.91. The van der Waals surface area contributed by atoms with Crippen molar-refractivity contribution >= 4 is 12.0 Å². The lowest BCUT2D eigenvalue weighted by atomic mass is 10.1. The molecule has 2 atom stereocenters. The first kappa shape index (κ1) is 16.3. The van der Waals surface area contributed by atoms with Gasteiger partial charge >= 0.3 is 0 Å². The van der Waals surface area contributed by atoms with Gasteiger partial charge < -0.3 is 14.4 Å². The zero-order chi connectivity index (χ0) is 17.1. The molecule has 2 aromatic rings. The Labute approximate surface area is 140 Å². The number of hydrogen-bond donors (Lipinski definition) is 0. The van der Waals surface area contributed by atoms with Crippen molar-refractivity contribution in [3.8, 4) is 17.3 Å². The Morgan fingerprint density at radius 3 is 2.62 bits per heavy atom. The number of aromatic nitrogens is 3. The van der Waals surface area contributed by atoms with Gasteiger partial charge in [0.2, 0.25) is 5.88 Å². The molecule has 0 spiro atoms. The average molecular weight is 328 g/mol. The van der Waals surface area contributed by atoms with Crippen LogP contribution in [0.5, 0.6) is 5.88 Å². The molecule has 7 heteroatoms. The molecule has 3 heterocycles. The molecular weight excluding hydrogens is 308 g/mol. The summed E-state index contributed by atoms with van der Waals surface area (Å²) in [7, 11) is 1.53. The van der Waals surface area contributed by atoms with Gasteiger partial charge in [-0.25, -0.2) is 4.98 Å². The van der Waals surface area contributed by atoms with E-state index in [2.05, 4.69) is 19.9 Å². The summed E-state index contributed by atoms with van der Waals surface area (Å²) in [5, 5.41) is 0. The van der Waals surface area contributed by atoms with Crippen LogP contribution >= 0.6 is 0 Å². The molecule has 7 nitrogen and oxygen atoms in total. The topological polar surface area (TPSA) is 77.4 Å². The van der Waals surface area contributed by atoms with Crippen LogP contribution in [0.4, 0.5) is 5.69 Å². The smallest absolute Gasteiger partial charge is 0.232 e. The number of morpholine rings is 1. The van der Waals surface area contributed by atoms with Gasteiger partial charge in [0.25, 0.3) is 0 Å². The lowest BCUT2D eigenvalue weighted by molar-refractivity contribution is -0.00527. The fraction of sp³-hybridized carbons (Fsp3) is 0.412. The highest BCUT2D eigenvalue weighted by molar-refractivity contribution is 5.86. The van der Waals surface area contributed by atoms with Crippen molar-refractivity contribution in [3.05, 3.63) is 30.2 Å². The number of pyridine rings is 1. The second kappa shape index (κ2) is 6.92. The van der Waals surface area contributed by atoms with E-state index in [0.29, 0.717) is 22.8 Å². The zero-order valence-electron chi connectivity index (χ0n) is 14.0. The molecule has 1 aliphatic heterocycles. The predicted octanol–water partition coefficient (Wildman–Crippen LogP) is 1.97. The Morgan fingerprint density at radius 1 is 1.21 bits per heavy atom. The van der Waals surface area contributed by atoms with Crippen molar-refractivity contribution in [2.24, 2.45) is 0 Å². The maximum atomic E-state index is 11.6. The Balaban J connectivity index is 1.94. The largest absolute Gasteiger partial charge is 0.480 e. The third-order valence-electron chi connectivity index (χ3n) is 3.89. The molecule has 0 N–H and O–H groups in total.